The van der Waals surface area contributed by atoms with E-state index in [0.717, 1.165) is 24.1 Å². The molecule has 0 N–H and O–H groups in total. The number of sulfonamides is 1. The molecule has 2 bridgehead atoms. The normalized spacial score (nSPS) is 23.0. The number of hydrogen-bond donors (Lipinski definition) is 0. The zero-order valence-electron chi connectivity index (χ0n) is 13.2. The summed E-state index contributed by atoms with van der Waals surface area (Å²) in [5.74, 6) is -0.146. The number of fused-ring (bicyclic) bond motifs is 4. The lowest BCUT2D eigenvalue weighted by Crippen LogP contribution is -2.42. The van der Waals surface area contributed by atoms with Gasteiger partial charge < -0.3 is 0 Å². The van der Waals surface area contributed by atoms with Crippen molar-refractivity contribution in [2.75, 3.05) is 0 Å². The molecule has 1 fully saturated rings. The predicted octanol–water partition coefficient (Wildman–Crippen LogP) is 2.13. The lowest BCUT2D eigenvalue weighted by molar-refractivity contribution is 0.101. The number of ketones is 1. The molecule has 1 aromatic heterocycles. The summed E-state index contributed by atoms with van der Waals surface area (Å²) in [6.07, 6.45) is 5.44. The number of Topliss-reactive ketones (excluding diaryl/α,β-unsaturated/α-hetero) is 1. The van der Waals surface area contributed by atoms with Crippen molar-refractivity contribution in [1.82, 2.24) is 14.3 Å². The Balaban J connectivity index is 1.79. The Morgan fingerprint density at radius 1 is 1.29 bits per heavy atom. The summed E-state index contributed by atoms with van der Waals surface area (Å²) in [7, 11) is -3.67. The van der Waals surface area contributed by atoms with Crippen LogP contribution < -0.4 is 0 Å². The highest BCUT2D eigenvalue weighted by Gasteiger charge is 2.47. The van der Waals surface area contributed by atoms with Crippen LogP contribution in [-0.2, 0) is 16.4 Å². The van der Waals surface area contributed by atoms with Gasteiger partial charge in [0.25, 0.3) is 0 Å². The largest absolute Gasteiger partial charge is 0.295 e. The third kappa shape index (κ3) is 2.27. The van der Waals surface area contributed by atoms with Crippen LogP contribution >= 0.6 is 0 Å². The molecule has 0 saturated carbocycles. The molecule has 0 aliphatic carbocycles. The van der Waals surface area contributed by atoms with Gasteiger partial charge in [-0.1, -0.05) is 12.1 Å². The number of benzene rings is 1. The topological polar surface area (TPSA) is 80.2 Å². The molecule has 2 unspecified atom stereocenters. The molecule has 1 aromatic carbocycles. The Labute approximate surface area is 140 Å². The second-order valence-corrected chi connectivity index (χ2v) is 8.14. The minimum atomic E-state index is -3.67. The zero-order chi connectivity index (χ0) is 16.9. The number of carbonyl (C=O) groups excluding carboxylic acids is 1. The maximum atomic E-state index is 13.2. The lowest BCUT2D eigenvalue weighted by atomic mass is 10.0. The van der Waals surface area contributed by atoms with Gasteiger partial charge in [0.05, 0.1) is 16.6 Å². The van der Waals surface area contributed by atoms with Gasteiger partial charge in [0.1, 0.15) is 6.33 Å². The van der Waals surface area contributed by atoms with E-state index >= 15 is 0 Å². The number of rotatable bonds is 3. The highest BCUT2D eigenvalue weighted by molar-refractivity contribution is 7.89. The van der Waals surface area contributed by atoms with Gasteiger partial charge >= 0.3 is 0 Å². The summed E-state index contributed by atoms with van der Waals surface area (Å²) in [5.41, 5.74) is 2.25. The van der Waals surface area contributed by atoms with E-state index in [2.05, 4.69) is 9.97 Å². The second kappa shape index (κ2) is 5.46. The Morgan fingerprint density at radius 2 is 2.12 bits per heavy atom. The van der Waals surface area contributed by atoms with E-state index in [1.54, 1.807) is 28.7 Å². The van der Waals surface area contributed by atoms with Crippen molar-refractivity contribution in [3.05, 3.63) is 53.6 Å². The van der Waals surface area contributed by atoms with Crippen molar-refractivity contribution >= 4 is 15.8 Å². The van der Waals surface area contributed by atoms with E-state index < -0.39 is 10.0 Å². The fraction of sp³-hybridized carbons (Fsp3) is 0.353. The average Bonchev–Trinajstić information content (AvgIpc) is 2.91. The standard InChI is InChI=1S/C17H17N3O3S/c1-11(21)12-3-2-4-14(7-12)24(22,23)20-13-5-6-17(20)15-9-18-10-19-16(15)8-13/h2-4,7,9-10,13,17H,5-6,8H2,1H3. The van der Waals surface area contributed by atoms with E-state index in [-0.39, 0.29) is 22.8 Å². The van der Waals surface area contributed by atoms with Crippen molar-refractivity contribution in [3.63, 3.8) is 0 Å². The quantitative estimate of drug-likeness (QED) is 0.798. The molecule has 2 atom stereocenters. The molecule has 0 spiro atoms. The van der Waals surface area contributed by atoms with Gasteiger partial charge in [-0.15, -0.1) is 0 Å². The maximum Gasteiger partial charge on any atom is 0.243 e. The van der Waals surface area contributed by atoms with Crippen LogP contribution in [0.3, 0.4) is 0 Å². The molecule has 2 aliphatic heterocycles. The second-order valence-electron chi connectivity index (χ2n) is 6.29. The minimum absolute atomic E-state index is 0.0802. The summed E-state index contributed by atoms with van der Waals surface area (Å²) < 4.78 is 28.0. The van der Waals surface area contributed by atoms with E-state index in [4.69, 9.17) is 0 Å². The monoisotopic (exact) mass is 343 g/mol. The highest BCUT2D eigenvalue weighted by atomic mass is 32.2. The molecular formula is C17H17N3O3S. The molecule has 3 heterocycles. The van der Waals surface area contributed by atoms with Crippen LogP contribution in [0.15, 0.2) is 41.7 Å². The van der Waals surface area contributed by atoms with Gasteiger partial charge in [-0.25, -0.2) is 18.4 Å². The van der Waals surface area contributed by atoms with Gasteiger partial charge in [0.2, 0.25) is 10.0 Å². The first-order chi connectivity index (χ1) is 11.5. The molecule has 24 heavy (non-hydrogen) atoms. The summed E-state index contributed by atoms with van der Waals surface area (Å²) in [4.78, 5) is 20.1. The molecule has 4 rings (SSSR count). The molecule has 124 valence electrons. The van der Waals surface area contributed by atoms with Crippen molar-refractivity contribution in [2.24, 2.45) is 0 Å². The summed E-state index contributed by atoms with van der Waals surface area (Å²) >= 11 is 0. The molecule has 1 saturated heterocycles. The van der Waals surface area contributed by atoms with Crippen molar-refractivity contribution in [1.29, 1.82) is 0 Å². The van der Waals surface area contributed by atoms with Crippen LogP contribution in [0, 0.1) is 0 Å². The third-order valence-electron chi connectivity index (χ3n) is 4.87. The molecule has 0 radical (unpaired) electrons. The smallest absolute Gasteiger partial charge is 0.243 e. The Hall–Kier alpha value is -2.12. The van der Waals surface area contributed by atoms with E-state index in [9.17, 15) is 13.2 Å². The molecule has 0 amide bonds. The summed E-state index contributed by atoms with van der Waals surface area (Å²) in [5, 5.41) is 0. The molecular weight excluding hydrogens is 326 g/mol. The number of aromatic nitrogens is 2. The minimum Gasteiger partial charge on any atom is -0.295 e. The highest BCUT2D eigenvalue weighted by Crippen LogP contribution is 2.45. The van der Waals surface area contributed by atoms with Gasteiger partial charge in [-0.2, -0.15) is 4.31 Å². The Kier molecular flexibility index (Phi) is 3.51. The number of hydrogen-bond acceptors (Lipinski definition) is 5. The number of carbonyl (C=O) groups is 1. The summed E-state index contributed by atoms with van der Waals surface area (Å²) in [6, 6.07) is 5.98. The van der Waals surface area contributed by atoms with E-state index in [0.29, 0.717) is 12.0 Å². The Bertz CT molecular complexity index is 926. The van der Waals surface area contributed by atoms with Crippen molar-refractivity contribution in [3.8, 4) is 0 Å². The SMILES string of the molecule is CC(=O)c1cccc(S(=O)(=O)N2C3CCC2c2cncnc2C3)c1. The van der Waals surface area contributed by atoms with Gasteiger partial charge in [0, 0.05) is 29.8 Å². The molecule has 6 nitrogen and oxygen atoms in total. The van der Waals surface area contributed by atoms with Crippen molar-refractivity contribution < 1.29 is 13.2 Å². The predicted molar refractivity (Wildman–Crippen MR) is 87.0 cm³/mol. The first kappa shape index (κ1) is 15.4. The first-order valence-electron chi connectivity index (χ1n) is 7.92. The van der Waals surface area contributed by atoms with E-state index in [1.165, 1.54) is 19.3 Å². The molecule has 2 aliphatic rings. The van der Waals surface area contributed by atoms with Crippen molar-refractivity contribution in [2.45, 2.75) is 43.2 Å². The van der Waals surface area contributed by atoms with Crippen LogP contribution in [0.2, 0.25) is 0 Å². The van der Waals surface area contributed by atoms with E-state index in [1.807, 2.05) is 0 Å². The van der Waals surface area contributed by atoms with Gasteiger partial charge in [-0.05, 0) is 31.9 Å². The average molecular weight is 343 g/mol. The van der Waals surface area contributed by atoms with Gasteiger partial charge in [-0.3, -0.25) is 4.79 Å². The molecule has 2 aromatic rings. The Morgan fingerprint density at radius 3 is 2.92 bits per heavy atom. The number of nitrogens with zero attached hydrogens (tertiary/aromatic N) is 3. The third-order valence-corrected chi connectivity index (χ3v) is 6.83. The summed E-state index contributed by atoms with van der Waals surface area (Å²) in [6.45, 7) is 1.43. The lowest BCUT2D eigenvalue weighted by Gasteiger charge is -2.34. The van der Waals surface area contributed by atoms with Crippen LogP contribution in [0.4, 0.5) is 0 Å². The van der Waals surface area contributed by atoms with Crippen LogP contribution in [0.1, 0.15) is 47.4 Å². The van der Waals surface area contributed by atoms with Crippen LogP contribution in [0.25, 0.3) is 0 Å². The van der Waals surface area contributed by atoms with Crippen LogP contribution in [-0.4, -0.2) is 34.5 Å². The maximum absolute atomic E-state index is 13.2. The first-order valence-corrected chi connectivity index (χ1v) is 9.36. The fourth-order valence-electron chi connectivity index (χ4n) is 3.74. The van der Waals surface area contributed by atoms with Crippen LogP contribution in [0.5, 0.6) is 0 Å². The molecule has 7 heteroatoms. The van der Waals surface area contributed by atoms with Gasteiger partial charge in [0.15, 0.2) is 5.78 Å². The zero-order valence-corrected chi connectivity index (χ0v) is 14.0. The fourth-order valence-corrected chi connectivity index (χ4v) is 5.64.